The fourth-order valence-electron chi connectivity index (χ4n) is 3.68. The van der Waals surface area contributed by atoms with E-state index in [4.69, 9.17) is 9.47 Å². The number of aromatic amines is 1. The van der Waals surface area contributed by atoms with Gasteiger partial charge in [-0.15, -0.1) is 0 Å². The van der Waals surface area contributed by atoms with Crippen molar-refractivity contribution < 1.29 is 27.2 Å². The first-order chi connectivity index (χ1) is 15.9. The number of methoxy groups -OCH3 is 1. The van der Waals surface area contributed by atoms with Crippen LogP contribution in [-0.4, -0.2) is 27.2 Å². The van der Waals surface area contributed by atoms with Crippen molar-refractivity contribution in [1.82, 2.24) is 20.1 Å². The van der Waals surface area contributed by atoms with E-state index in [2.05, 4.69) is 24.6 Å². The Kier molecular flexibility index (Phi) is 5.21. The average Bonchev–Trinajstić information content (AvgIpc) is 3.44. The van der Waals surface area contributed by atoms with Crippen molar-refractivity contribution in [2.24, 2.45) is 0 Å². The van der Waals surface area contributed by atoms with Gasteiger partial charge in [0.15, 0.2) is 0 Å². The first kappa shape index (κ1) is 21.0. The van der Waals surface area contributed by atoms with Crippen LogP contribution in [0, 0.1) is 0 Å². The van der Waals surface area contributed by atoms with Gasteiger partial charge in [-0.1, -0.05) is 35.5 Å². The number of H-pyrrole nitrogens is 1. The number of aromatic nitrogens is 4. The Morgan fingerprint density at radius 1 is 1.03 bits per heavy atom. The van der Waals surface area contributed by atoms with Gasteiger partial charge in [0, 0.05) is 29.0 Å². The summed E-state index contributed by atoms with van der Waals surface area (Å²) in [7, 11) is 1.49. The van der Waals surface area contributed by atoms with E-state index < -0.39 is 12.1 Å². The minimum atomic E-state index is -4.75. The van der Waals surface area contributed by atoms with Crippen LogP contribution in [0.1, 0.15) is 17.0 Å². The normalized spacial score (nSPS) is 12.0. The minimum absolute atomic E-state index is 0.0810. The molecule has 0 aliphatic heterocycles. The first-order valence-electron chi connectivity index (χ1n) is 9.94. The number of fused-ring (bicyclic) bond motifs is 3. The van der Waals surface area contributed by atoms with E-state index >= 15 is 0 Å². The average molecular weight is 454 g/mol. The van der Waals surface area contributed by atoms with E-state index in [0.717, 1.165) is 21.9 Å². The molecule has 5 rings (SSSR count). The summed E-state index contributed by atoms with van der Waals surface area (Å²) in [6, 6.07) is 15.4. The predicted octanol–water partition coefficient (Wildman–Crippen LogP) is 5.51. The standard InChI is InChI=1S/C23H17F3N4O3/c1-31-12-16-19-15-9-14(32-11-13-5-3-2-4-6-13)7-8-17(15)28-18(19)10-27-20(16)21-29-22(33-30-21)23(24,25)26/h2-10,28H,11-12H2,1H3. The fourth-order valence-corrected chi connectivity index (χ4v) is 3.68. The highest BCUT2D eigenvalue weighted by molar-refractivity contribution is 6.10. The van der Waals surface area contributed by atoms with Crippen molar-refractivity contribution in [3.05, 3.63) is 71.7 Å². The third-order valence-electron chi connectivity index (χ3n) is 5.13. The molecule has 10 heteroatoms. The summed E-state index contributed by atoms with van der Waals surface area (Å²) in [6.45, 7) is 0.479. The summed E-state index contributed by atoms with van der Waals surface area (Å²) in [6.07, 6.45) is -3.22. The maximum Gasteiger partial charge on any atom is 0.471 e. The Balaban J connectivity index is 1.60. The molecule has 3 heterocycles. The number of pyridine rings is 1. The van der Waals surface area contributed by atoms with Crippen LogP contribution in [0.4, 0.5) is 13.2 Å². The van der Waals surface area contributed by atoms with E-state index in [1.807, 2.05) is 48.5 Å². The zero-order valence-corrected chi connectivity index (χ0v) is 17.3. The van der Waals surface area contributed by atoms with E-state index in [1.165, 1.54) is 13.3 Å². The highest BCUT2D eigenvalue weighted by Gasteiger charge is 2.39. The second-order valence-corrected chi connectivity index (χ2v) is 7.33. The molecule has 168 valence electrons. The van der Waals surface area contributed by atoms with Crippen molar-refractivity contribution >= 4 is 21.8 Å². The van der Waals surface area contributed by atoms with Gasteiger partial charge in [-0.2, -0.15) is 18.2 Å². The first-order valence-corrected chi connectivity index (χ1v) is 9.94. The van der Waals surface area contributed by atoms with Crippen LogP contribution in [0.2, 0.25) is 0 Å². The maximum absolute atomic E-state index is 13.0. The van der Waals surface area contributed by atoms with Crippen LogP contribution in [0.25, 0.3) is 33.3 Å². The molecule has 0 aliphatic rings. The molecule has 7 nitrogen and oxygen atoms in total. The molecule has 0 aliphatic carbocycles. The SMILES string of the molecule is COCc1c(-c2noc(C(F)(F)F)n2)ncc2[nH]c3ccc(OCc4ccccc4)cc3c12. The Hall–Kier alpha value is -3.92. The van der Waals surface area contributed by atoms with Crippen LogP contribution < -0.4 is 4.74 Å². The zero-order valence-electron chi connectivity index (χ0n) is 17.3. The summed E-state index contributed by atoms with van der Waals surface area (Å²) in [4.78, 5) is 11.0. The molecule has 0 spiro atoms. The topological polar surface area (TPSA) is 86.1 Å². The molecule has 0 radical (unpaired) electrons. The lowest BCUT2D eigenvalue weighted by Crippen LogP contribution is -2.05. The van der Waals surface area contributed by atoms with Crippen LogP contribution >= 0.6 is 0 Å². The number of nitrogens with one attached hydrogen (secondary N) is 1. The van der Waals surface area contributed by atoms with E-state index in [1.54, 1.807) is 0 Å². The highest BCUT2D eigenvalue weighted by atomic mass is 19.4. The van der Waals surface area contributed by atoms with Crippen LogP contribution in [0.3, 0.4) is 0 Å². The molecule has 5 aromatic rings. The molecule has 0 amide bonds. The lowest BCUT2D eigenvalue weighted by Gasteiger charge is -2.09. The van der Waals surface area contributed by atoms with Gasteiger partial charge in [0.2, 0.25) is 5.82 Å². The number of hydrogen-bond donors (Lipinski definition) is 1. The predicted molar refractivity (Wildman–Crippen MR) is 113 cm³/mol. The summed E-state index contributed by atoms with van der Waals surface area (Å²) < 4.78 is 54.5. The lowest BCUT2D eigenvalue weighted by molar-refractivity contribution is -0.159. The van der Waals surface area contributed by atoms with Gasteiger partial charge in [-0.05, 0) is 23.8 Å². The van der Waals surface area contributed by atoms with Gasteiger partial charge in [0.05, 0.1) is 18.3 Å². The van der Waals surface area contributed by atoms with Crippen molar-refractivity contribution in [2.45, 2.75) is 19.4 Å². The number of nitrogens with zero attached hydrogens (tertiary/aromatic N) is 3. The fraction of sp³-hybridized carbons (Fsp3) is 0.174. The quantitative estimate of drug-likeness (QED) is 0.364. The number of halogens is 3. The van der Waals surface area contributed by atoms with Crippen molar-refractivity contribution in [1.29, 1.82) is 0 Å². The number of rotatable bonds is 6. The molecular weight excluding hydrogens is 437 g/mol. The van der Waals surface area contributed by atoms with Crippen molar-refractivity contribution in [3.63, 3.8) is 0 Å². The molecule has 0 atom stereocenters. The van der Waals surface area contributed by atoms with Crippen LogP contribution in [-0.2, 0) is 24.1 Å². The molecule has 33 heavy (non-hydrogen) atoms. The van der Waals surface area contributed by atoms with E-state index in [-0.39, 0.29) is 18.1 Å². The van der Waals surface area contributed by atoms with Gasteiger partial charge in [-0.25, -0.2) is 0 Å². The van der Waals surface area contributed by atoms with Gasteiger partial charge in [0.25, 0.3) is 0 Å². The summed E-state index contributed by atoms with van der Waals surface area (Å²) in [5, 5.41) is 5.04. The Bertz CT molecular complexity index is 1430. The molecule has 0 saturated carbocycles. The van der Waals surface area contributed by atoms with Gasteiger partial charge in [0.1, 0.15) is 18.1 Å². The van der Waals surface area contributed by atoms with E-state index in [0.29, 0.717) is 23.4 Å². The Morgan fingerprint density at radius 3 is 2.58 bits per heavy atom. The highest BCUT2D eigenvalue weighted by Crippen LogP contribution is 2.36. The van der Waals surface area contributed by atoms with Gasteiger partial charge >= 0.3 is 12.1 Å². The van der Waals surface area contributed by atoms with Crippen LogP contribution in [0.5, 0.6) is 5.75 Å². The molecule has 0 saturated heterocycles. The largest absolute Gasteiger partial charge is 0.489 e. The number of hydrogen-bond acceptors (Lipinski definition) is 6. The Labute approximate surface area is 185 Å². The number of benzene rings is 2. The molecule has 1 N–H and O–H groups in total. The lowest BCUT2D eigenvalue weighted by atomic mass is 10.1. The van der Waals surface area contributed by atoms with Crippen LogP contribution in [0.15, 0.2) is 59.3 Å². The third-order valence-corrected chi connectivity index (χ3v) is 5.13. The Morgan fingerprint density at radius 2 is 1.85 bits per heavy atom. The molecule has 0 unspecified atom stereocenters. The second-order valence-electron chi connectivity index (χ2n) is 7.33. The molecule has 3 aromatic heterocycles. The molecule has 2 aromatic carbocycles. The van der Waals surface area contributed by atoms with Crippen molar-refractivity contribution in [2.75, 3.05) is 7.11 Å². The molecule has 0 fully saturated rings. The number of ether oxygens (including phenoxy) is 2. The van der Waals surface area contributed by atoms with Gasteiger partial charge < -0.3 is 19.0 Å². The second kappa shape index (κ2) is 8.21. The minimum Gasteiger partial charge on any atom is -0.489 e. The van der Waals surface area contributed by atoms with Crippen molar-refractivity contribution in [3.8, 4) is 17.3 Å². The van der Waals surface area contributed by atoms with Gasteiger partial charge in [-0.3, -0.25) is 4.98 Å². The molecular formula is C23H17F3N4O3. The maximum atomic E-state index is 13.0. The molecule has 0 bridgehead atoms. The zero-order chi connectivity index (χ0) is 23.0. The third kappa shape index (κ3) is 4.00. The summed E-state index contributed by atoms with van der Waals surface area (Å²) >= 11 is 0. The number of alkyl halides is 3. The summed E-state index contributed by atoms with van der Waals surface area (Å²) in [5.41, 5.74) is 3.23. The summed E-state index contributed by atoms with van der Waals surface area (Å²) in [5.74, 6) is -1.05. The van der Waals surface area contributed by atoms with E-state index in [9.17, 15) is 13.2 Å². The smallest absolute Gasteiger partial charge is 0.471 e. The monoisotopic (exact) mass is 454 g/mol.